The second kappa shape index (κ2) is 4.02. The van der Waals surface area contributed by atoms with Crippen LogP contribution in [0.3, 0.4) is 0 Å². The summed E-state index contributed by atoms with van der Waals surface area (Å²) < 4.78 is 11.8. The van der Waals surface area contributed by atoms with Crippen LogP contribution in [0.5, 0.6) is 0 Å². The third kappa shape index (κ3) is 3.69. The van der Waals surface area contributed by atoms with Crippen molar-refractivity contribution in [3.63, 3.8) is 0 Å². The summed E-state index contributed by atoms with van der Waals surface area (Å²) in [5, 5.41) is 10.6. The van der Waals surface area contributed by atoms with E-state index in [1.54, 1.807) is 7.05 Å². The smallest absolute Gasteiger partial charge is 0.135 e. The minimum Gasteiger partial charge on any atom is -0.393 e. The maximum absolute atomic E-state index is 11.8. The first kappa shape index (κ1) is 6.85. The number of nitrogens with one attached hydrogen (secondary N) is 1. The van der Waals surface area contributed by atoms with Gasteiger partial charge in [-0.15, -0.1) is 0 Å². The van der Waals surface area contributed by atoms with Gasteiger partial charge in [-0.05, 0) is 7.05 Å². The molecule has 0 fully saturated rings. The van der Waals surface area contributed by atoms with Gasteiger partial charge in [0, 0.05) is 6.54 Å². The monoisotopic (exact) mass is 107 g/mol. The first-order valence-electron chi connectivity index (χ1n) is 2.20. The van der Waals surface area contributed by atoms with Crippen molar-refractivity contribution in [1.82, 2.24) is 5.32 Å². The molecule has 1 unspecified atom stereocenters. The van der Waals surface area contributed by atoms with E-state index in [2.05, 4.69) is 5.32 Å². The highest BCUT2D eigenvalue weighted by atomic mass is 19.1. The van der Waals surface area contributed by atoms with Gasteiger partial charge < -0.3 is 10.4 Å². The first-order chi connectivity index (χ1) is 3.31. The molecule has 3 heteroatoms. The molecule has 0 saturated heterocycles. The van der Waals surface area contributed by atoms with E-state index in [-0.39, 0.29) is 13.2 Å². The number of rotatable bonds is 3. The van der Waals surface area contributed by atoms with Crippen LogP contribution in [0.2, 0.25) is 0 Å². The summed E-state index contributed by atoms with van der Waals surface area (Å²) in [4.78, 5) is 0. The molecule has 0 spiro atoms. The lowest BCUT2D eigenvalue weighted by atomic mass is 10.4. The third-order valence-electron chi connectivity index (χ3n) is 0.624. The molecule has 0 amide bonds. The number of hydrogen-bond donors (Lipinski definition) is 2. The molecule has 44 valence electrons. The van der Waals surface area contributed by atoms with Gasteiger partial charge in [-0.1, -0.05) is 0 Å². The van der Waals surface area contributed by atoms with Crippen LogP contribution in [-0.2, 0) is 0 Å². The van der Waals surface area contributed by atoms with Crippen LogP contribution in [0.1, 0.15) is 0 Å². The molecule has 0 aromatic heterocycles. The molecule has 0 aromatic carbocycles. The van der Waals surface area contributed by atoms with Gasteiger partial charge in [0.15, 0.2) is 0 Å². The lowest BCUT2D eigenvalue weighted by Crippen LogP contribution is -2.22. The van der Waals surface area contributed by atoms with Crippen molar-refractivity contribution in [3.05, 3.63) is 0 Å². The molecule has 0 aliphatic heterocycles. The zero-order chi connectivity index (χ0) is 5.70. The molecule has 7 heavy (non-hydrogen) atoms. The Morgan fingerprint density at radius 3 is 2.57 bits per heavy atom. The van der Waals surface area contributed by atoms with Crippen LogP contribution in [-0.4, -0.2) is 31.5 Å². The number of halogens is 1. The van der Waals surface area contributed by atoms with E-state index < -0.39 is 6.17 Å². The Morgan fingerprint density at radius 1 is 1.86 bits per heavy atom. The molecule has 2 N–H and O–H groups in total. The molecule has 0 aliphatic rings. The van der Waals surface area contributed by atoms with Crippen molar-refractivity contribution in [2.24, 2.45) is 0 Å². The normalized spacial score (nSPS) is 14.1. The van der Waals surface area contributed by atoms with Crippen molar-refractivity contribution in [2.45, 2.75) is 6.17 Å². The van der Waals surface area contributed by atoms with Crippen molar-refractivity contribution in [1.29, 1.82) is 0 Å². The zero-order valence-corrected chi connectivity index (χ0v) is 4.32. The van der Waals surface area contributed by atoms with Gasteiger partial charge in [0.25, 0.3) is 0 Å². The van der Waals surface area contributed by atoms with E-state index in [0.717, 1.165) is 0 Å². The topological polar surface area (TPSA) is 32.3 Å². The van der Waals surface area contributed by atoms with Crippen molar-refractivity contribution in [3.8, 4) is 0 Å². The number of aliphatic hydroxyl groups is 1. The summed E-state index contributed by atoms with van der Waals surface area (Å²) in [6, 6.07) is 0. The summed E-state index contributed by atoms with van der Waals surface area (Å²) in [5.74, 6) is 0. The van der Waals surface area contributed by atoms with Crippen LogP contribution in [0.25, 0.3) is 0 Å². The van der Waals surface area contributed by atoms with E-state index >= 15 is 0 Å². The SMILES string of the molecule is CNCC(F)CO. The Bertz CT molecular complexity index is 42.7. The van der Waals surface area contributed by atoms with Gasteiger partial charge in [0.2, 0.25) is 0 Å². The molecule has 1 atom stereocenters. The molecule has 0 radical (unpaired) electrons. The average Bonchev–Trinajstić information content (AvgIpc) is 1.68. The zero-order valence-electron chi connectivity index (χ0n) is 4.32. The van der Waals surface area contributed by atoms with E-state index in [4.69, 9.17) is 5.11 Å². The van der Waals surface area contributed by atoms with Crippen molar-refractivity contribution in [2.75, 3.05) is 20.2 Å². The number of alkyl halides is 1. The lowest BCUT2D eigenvalue weighted by Gasteiger charge is -1.99. The highest BCUT2D eigenvalue weighted by Crippen LogP contribution is 1.82. The summed E-state index contributed by atoms with van der Waals surface area (Å²) in [5.41, 5.74) is 0. The number of hydrogen-bond acceptors (Lipinski definition) is 2. The van der Waals surface area contributed by atoms with Crippen LogP contribution in [0, 0.1) is 0 Å². The summed E-state index contributed by atoms with van der Waals surface area (Å²) in [7, 11) is 1.64. The highest BCUT2D eigenvalue weighted by Gasteiger charge is 1.98. The highest BCUT2D eigenvalue weighted by molar-refractivity contribution is 4.52. The Morgan fingerprint density at radius 2 is 2.43 bits per heavy atom. The second-order valence-electron chi connectivity index (χ2n) is 1.34. The van der Waals surface area contributed by atoms with Gasteiger partial charge in [0.1, 0.15) is 6.17 Å². The van der Waals surface area contributed by atoms with Crippen LogP contribution in [0.4, 0.5) is 4.39 Å². The van der Waals surface area contributed by atoms with E-state index in [0.29, 0.717) is 0 Å². The molecular weight excluding hydrogens is 97.0 g/mol. The fraction of sp³-hybridized carbons (Fsp3) is 1.00. The summed E-state index contributed by atoms with van der Waals surface area (Å²) in [6.07, 6.45) is -1.11. The van der Waals surface area contributed by atoms with Crippen LogP contribution in [0.15, 0.2) is 0 Å². The molecule has 0 saturated carbocycles. The predicted octanol–water partition coefficient (Wildman–Crippen LogP) is -0.464. The minimum absolute atomic E-state index is 0.233. The van der Waals surface area contributed by atoms with Gasteiger partial charge in [0.05, 0.1) is 6.61 Å². The summed E-state index contributed by atoms with van der Waals surface area (Å²) in [6.45, 7) is -0.155. The maximum Gasteiger partial charge on any atom is 0.135 e. The molecule has 0 rings (SSSR count). The Kier molecular flexibility index (Phi) is 3.93. The van der Waals surface area contributed by atoms with Crippen LogP contribution >= 0.6 is 0 Å². The molecule has 2 nitrogen and oxygen atoms in total. The first-order valence-corrected chi connectivity index (χ1v) is 2.20. The Labute approximate surface area is 42.3 Å². The maximum atomic E-state index is 11.8. The molecule has 0 heterocycles. The third-order valence-corrected chi connectivity index (χ3v) is 0.624. The Balaban J connectivity index is 2.83. The molecular formula is C4H10FNO. The predicted molar refractivity (Wildman–Crippen MR) is 25.9 cm³/mol. The van der Waals surface area contributed by atoms with Crippen molar-refractivity contribution < 1.29 is 9.50 Å². The van der Waals surface area contributed by atoms with Crippen molar-refractivity contribution >= 4 is 0 Å². The van der Waals surface area contributed by atoms with Gasteiger partial charge >= 0.3 is 0 Å². The number of aliphatic hydroxyl groups excluding tert-OH is 1. The second-order valence-corrected chi connectivity index (χ2v) is 1.34. The molecule has 0 aliphatic carbocycles. The van der Waals surface area contributed by atoms with Gasteiger partial charge in [-0.2, -0.15) is 0 Å². The molecule has 0 bridgehead atoms. The minimum atomic E-state index is -1.11. The quantitative estimate of drug-likeness (QED) is 0.511. The summed E-state index contributed by atoms with van der Waals surface area (Å²) >= 11 is 0. The Hall–Kier alpha value is -0.150. The standard InChI is InChI=1S/C4H10FNO/c1-6-2-4(5)3-7/h4,6-7H,2-3H2,1H3. The largest absolute Gasteiger partial charge is 0.393 e. The van der Waals surface area contributed by atoms with Gasteiger partial charge in [-0.25, -0.2) is 4.39 Å². The van der Waals surface area contributed by atoms with E-state index in [9.17, 15) is 4.39 Å². The lowest BCUT2D eigenvalue weighted by molar-refractivity contribution is 0.177. The fourth-order valence-corrected chi connectivity index (χ4v) is 0.286. The van der Waals surface area contributed by atoms with Gasteiger partial charge in [-0.3, -0.25) is 0 Å². The van der Waals surface area contributed by atoms with Crippen LogP contribution < -0.4 is 5.32 Å². The van der Waals surface area contributed by atoms with E-state index in [1.165, 1.54) is 0 Å². The average molecular weight is 107 g/mol. The fourth-order valence-electron chi connectivity index (χ4n) is 0.286. The molecule has 0 aromatic rings. The van der Waals surface area contributed by atoms with E-state index in [1.807, 2.05) is 0 Å².